The van der Waals surface area contributed by atoms with Crippen molar-refractivity contribution in [2.24, 2.45) is 0 Å². The van der Waals surface area contributed by atoms with Crippen LogP contribution in [0, 0.1) is 0 Å². The van der Waals surface area contributed by atoms with Gasteiger partial charge >= 0.3 is 0 Å². The molecule has 0 bridgehead atoms. The molecule has 0 saturated heterocycles. The van der Waals surface area contributed by atoms with Gasteiger partial charge in [0.25, 0.3) is 0 Å². The van der Waals surface area contributed by atoms with Crippen LogP contribution in [0.15, 0.2) is 36.5 Å². The molecule has 0 aliphatic rings. The molecule has 0 aliphatic heterocycles. The van der Waals surface area contributed by atoms with E-state index in [0.717, 1.165) is 25.2 Å². The molecule has 1 heterocycles. The van der Waals surface area contributed by atoms with Crippen molar-refractivity contribution in [3.63, 3.8) is 0 Å². The Morgan fingerprint density at radius 2 is 2.10 bits per heavy atom. The lowest BCUT2D eigenvalue weighted by Crippen LogP contribution is -2.16. The number of hydrogen-bond acceptors (Lipinski definition) is 4. The van der Waals surface area contributed by atoms with E-state index in [4.69, 9.17) is 5.11 Å². The van der Waals surface area contributed by atoms with Crippen LogP contribution in [0.4, 0.5) is 0 Å². The van der Waals surface area contributed by atoms with Crippen LogP contribution in [0.5, 0.6) is 0 Å². The van der Waals surface area contributed by atoms with Gasteiger partial charge in [-0.3, -0.25) is 4.68 Å². The quantitative estimate of drug-likeness (QED) is 0.692. The molecule has 2 N–H and O–H groups in total. The molecule has 1 aromatic heterocycles. The molecule has 0 amide bonds. The van der Waals surface area contributed by atoms with Crippen LogP contribution in [-0.4, -0.2) is 33.3 Å². The van der Waals surface area contributed by atoms with E-state index in [1.165, 1.54) is 5.56 Å². The molecule has 0 fully saturated rings. The summed E-state index contributed by atoms with van der Waals surface area (Å²) in [6.07, 6.45) is 3.75. The van der Waals surface area contributed by atoms with Crippen molar-refractivity contribution in [2.75, 3.05) is 13.2 Å². The predicted octanol–water partition coefficient (Wildman–Crippen LogP) is 1.94. The Kier molecular flexibility index (Phi) is 6.37. The lowest BCUT2D eigenvalue weighted by atomic mass is 9.98. The second-order valence-electron chi connectivity index (χ2n) is 5.33. The molecule has 1 unspecified atom stereocenters. The maximum atomic E-state index is 8.78. The molecule has 2 rings (SSSR count). The summed E-state index contributed by atoms with van der Waals surface area (Å²) in [6, 6.07) is 10.6. The van der Waals surface area contributed by atoms with E-state index in [1.807, 2.05) is 6.20 Å². The van der Waals surface area contributed by atoms with Crippen LogP contribution in [0.25, 0.3) is 0 Å². The minimum absolute atomic E-state index is 0.185. The number of benzene rings is 1. The van der Waals surface area contributed by atoms with E-state index < -0.39 is 0 Å². The lowest BCUT2D eigenvalue weighted by molar-refractivity contribution is 0.276. The van der Waals surface area contributed by atoms with E-state index in [1.54, 1.807) is 4.68 Å². The summed E-state index contributed by atoms with van der Waals surface area (Å²) in [5, 5.41) is 20.3. The first kappa shape index (κ1) is 15.7. The van der Waals surface area contributed by atoms with Gasteiger partial charge in [0.15, 0.2) is 0 Å². The highest BCUT2D eigenvalue weighted by molar-refractivity contribution is 5.18. The Balaban J connectivity index is 1.66. The molecule has 1 aromatic carbocycles. The number of nitrogens with one attached hydrogen (secondary N) is 1. The first-order valence-corrected chi connectivity index (χ1v) is 7.55. The minimum atomic E-state index is 0.185. The molecule has 5 nitrogen and oxygen atoms in total. The third-order valence-electron chi connectivity index (χ3n) is 3.56. The summed E-state index contributed by atoms with van der Waals surface area (Å²) in [7, 11) is 0. The SMILES string of the molecule is CC(CCNCc1cn(CCCO)nn1)c1ccccc1. The standard InChI is InChI=1S/C16H24N4O/c1-14(15-6-3-2-4-7-15)8-9-17-12-16-13-20(19-18-16)10-5-11-21/h2-4,6-7,13-14,17,21H,5,8-12H2,1H3. The van der Waals surface area contributed by atoms with E-state index >= 15 is 0 Å². The molecule has 0 radical (unpaired) electrons. The highest BCUT2D eigenvalue weighted by Gasteiger charge is 2.05. The molecular weight excluding hydrogens is 264 g/mol. The van der Waals surface area contributed by atoms with Gasteiger partial charge in [-0.25, -0.2) is 0 Å². The van der Waals surface area contributed by atoms with Gasteiger partial charge in [0, 0.05) is 25.9 Å². The minimum Gasteiger partial charge on any atom is -0.396 e. The third kappa shape index (κ3) is 5.28. The first-order chi connectivity index (χ1) is 10.3. The number of aliphatic hydroxyl groups excluding tert-OH is 1. The number of rotatable bonds is 9. The second kappa shape index (κ2) is 8.54. The number of hydrogen-bond donors (Lipinski definition) is 2. The zero-order chi connectivity index (χ0) is 14.9. The number of aromatic nitrogens is 3. The Hall–Kier alpha value is -1.72. The van der Waals surface area contributed by atoms with Crippen molar-refractivity contribution in [2.45, 2.75) is 38.8 Å². The van der Waals surface area contributed by atoms with Gasteiger partial charge in [-0.15, -0.1) is 5.10 Å². The Morgan fingerprint density at radius 3 is 2.86 bits per heavy atom. The fourth-order valence-electron chi connectivity index (χ4n) is 2.24. The van der Waals surface area contributed by atoms with Crippen molar-refractivity contribution < 1.29 is 5.11 Å². The molecular formula is C16H24N4O. The fourth-order valence-corrected chi connectivity index (χ4v) is 2.24. The zero-order valence-electron chi connectivity index (χ0n) is 12.6. The van der Waals surface area contributed by atoms with Crippen LogP contribution in [0.2, 0.25) is 0 Å². The predicted molar refractivity (Wildman–Crippen MR) is 82.9 cm³/mol. The van der Waals surface area contributed by atoms with Gasteiger partial charge in [-0.05, 0) is 30.9 Å². The number of aliphatic hydroxyl groups is 1. The highest BCUT2D eigenvalue weighted by atomic mass is 16.3. The van der Waals surface area contributed by atoms with E-state index in [0.29, 0.717) is 18.9 Å². The van der Waals surface area contributed by atoms with Gasteiger partial charge in [0.1, 0.15) is 0 Å². The summed E-state index contributed by atoms with van der Waals surface area (Å²) in [5.74, 6) is 0.555. The average Bonchev–Trinajstić information content (AvgIpc) is 2.98. The summed E-state index contributed by atoms with van der Waals surface area (Å²) in [4.78, 5) is 0. The van der Waals surface area contributed by atoms with Crippen LogP contribution in [0.3, 0.4) is 0 Å². The van der Waals surface area contributed by atoms with Crippen molar-refractivity contribution in [3.05, 3.63) is 47.8 Å². The molecule has 21 heavy (non-hydrogen) atoms. The van der Waals surface area contributed by atoms with Crippen LogP contribution in [0.1, 0.15) is 36.9 Å². The van der Waals surface area contributed by atoms with Crippen LogP contribution in [-0.2, 0) is 13.1 Å². The second-order valence-corrected chi connectivity index (χ2v) is 5.33. The molecule has 2 aromatic rings. The Morgan fingerprint density at radius 1 is 1.29 bits per heavy atom. The van der Waals surface area contributed by atoms with Gasteiger partial charge in [0.05, 0.1) is 5.69 Å². The lowest BCUT2D eigenvalue weighted by Gasteiger charge is -2.11. The monoisotopic (exact) mass is 288 g/mol. The van der Waals surface area contributed by atoms with Crippen molar-refractivity contribution in [1.29, 1.82) is 0 Å². The van der Waals surface area contributed by atoms with Crippen molar-refractivity contribution in [1.82, 2.24) is 20.3 Å². The van der Waals surface area contributed by atoms with Crippen LogP contribution >= 0.6 is 0 Å². The van der Waals surface area contributed by atoms with E-state index in [2.05, 4.69) is 52.9 Å². The summed E-state index contributed by atoms with van der Waals surface area (Å²) >= 11 is 0. The van der Waals surface area contributed by atoms with Crippen molar-refractivity contribution in [3.8, 4) is 0 Å². The Labute approximate surface area is 126 Å². The third-order valence-corrected chi connectivity index (χ3v) is 3.56. The molecule has 0 aliphatic carbocycles. The normalized spacial score (nSPS) is 12.5. The molecule has 0 saturated carbocycles. The topological polar surface area (TPSA) is 63.0 Å². The van der Waals surface area contributed by atoms with Crippen LogP contribution < -0.4 is 5.32 Å². The summed E-state index contributed by atoms with van der Waals surface area (Å²) in [6.45, 7) is 4.85. The molecule has 1 atom stereocenters. The van der Waals surface area contributed by atoms with E-state index in [-0.39, 0.29) is 6.61 Å². The van der Waals surface area contributed by atoms with Gasteiger partial charge < -0.3 is 10.4 Å². The highest BCUT2D eigenvalue weighted by Crippen LogP contribution is 2.17. The Bertz CT molecular complexity index is 512. The van der Waals surface area contributed by atoms with Gasteiger partial charge in [0.2, 0.25) is 0 Å². The zero-order valence-corrected chi connectivity index (χ0v) is 12.6. The van der Waals surface area contributed by atoms with Gasteiger partial charge in [-0.2, -0.15) is 0 Å². The molecule has 114 valence electrons. The van der Waals surface area contributed by atoms with Gasteiger partial charge in [-0.1, -0.05) is 42.5 Å². The number of aryl methyl sites for hydroxylation is 1. The van der Waals surface area contributed by atoms with Crippen molar-refractivity contribution >= 4 is 0 Å². The first-order valence-electron chi connectivity index (χ1n) is 7.55. The summed E-state index contributed by atoms with van der Waals surface area (Å²) in [5.41, 5.74) is 2.33. The average molecular weight is 288 g/mol. The molecule has 0 spiro atoms. The fraction of sp³-hybridized carbons (Fsp3) is 0.500. The largest absolute Gasteiger partial charge is 0.396 e. The van der Waals surface area contributed by atoms with E-state index in [9.17, 15) is 0 Å². The maximum Gasteiger partial charge on any atom is 0.0964 e. The molecule has 5 heteroatoms. The number of nitrogens with zero attached hydrogens (tertiary/aromatic N) is 3. The smallest absolute Gasteiger partial charge is 0.0964 e. The summed E-state index contributed by atoms with van der Waals surface area (Å²) < 4.78 is 1.78. The maximum absolute atomic E-state index is 8.78.